The fourth-order valence-electron chi connectivity index (χ4n) is 10.2. The molecule has 0 radical (unpaired) electrons. The summed E-state index contributed by atoms with van der Waals surface area (Å²) < 4.78 is 14.2. The first kappa shape index (κ1) is 46.2. The standard InChI is InChI=1S/C48H63N9O7S/c1-9-56-37-15-14-30-22-32(37)33(41(56)31-12-10-18-49-39(31)29(4)63-8)24-47(5,6)27-64-44(60)34-13-11-20-57(53-34)43(59)35(23-38-51-36(30)25-65-38)52-42(58)40(28(2)3)54(7)46(62)55-21-17-48(26-55)16-19-50-45(48)61/h10,12,14-15,18,22,25,28-29,34-35,40,53H,9,11,13,16-17,19-21,23-24,26-27H2,1-8H3,(H,50,61)(H,52,58)/t29-,34-,35-,40?,48+/m0/s1. The number of pyridine rings is 1. The van der Waals surface area contributed by atoms with Crippen molar-refractivity contribution in [3.63, 3.8) is 0 Å². The van der Waals surface area contributed by atoms with E-state index >= 15 is 0 Å². The lowest BCUT2D eigenvalue weighted by Gasteiger charge is -2.37. The fourth-order valence-corrected chi connectivity index (χ4v) is 11.1. The quantitative estimate of drug-likeness (QED) is 0.192. The average molecular weight is 910 g/mol. The zero-order valence-corrected chi connectivity index (χ0v) is 39.7. The number of ether oxygens (including phenoxy) is 2. The van der Waals surface area contributed by atoms with Gasteiger partial charge in [0.05, 0.1) is 40.2 Å². The number of cyclic esters (lactones) is 1. The molecule has 7 heterocycles. The van der Waals surface area contributed by atoms with Crippen molar-refractivity contribution in [2.75, 3.05) is 46.9 Å². The highest BCUT2D eigenvalue weighted by molar-refractivity contribution is 7.10. The number of thiazole rings is 1. The molecule has 8 rings (SSSR count). The Morgan fingerprint density at radius 1 is 1.12 bits per heavy atom. The molecule has 16 nitrogen and oxygen atoms in total. The smallest absolute Gasteiger partial charge is 0.324 e. The minimum Gasteiger partial charge on any atom is -0.464 e. The van der Waals surface area contributed by atoms with Crippen LogP contribution in [0.15, 0.2) is 41.9 Å². The summed E-state index contributed by atoms with van der Waals surface area (Å²) in [7, 11) is 3.29. The SMILES string of the molecule is CCn1c(-c2cccnc2[C@H](C)OC)c2c3cc(ccc31)-c1csc(n1)C[C@H](NC(=O)C(C(C)C)N(C)C(=O)N1CC[C@]3(CCNC3=O)C1)C(=O)N1CCC[C@H](N1)C(=O)OCC(C)(C)C2. The second-order valence-electron chi connectivity index (χ2n) is 19.3. The maximum Gasteiger partial charge on any atom is 0.324 e. The summed E-state index contributed by atoms with van der Waals surface area (Å²) in [6, 6.07) is 7.28. The number of hydrazine groups is 1. The van der Waals surface area contributed by atoms with Crippen LogP contribution in [0.3, 0.4) is 0 Å². The number of fused-ring (bicyclic) bond motifs is 6. The molecule has 3 fully saturated rings. The van der Waals surface area contributed by atoms with Gasteiger partial charge in [-0.05, 0) is 81.7 Å². The Hall–Kier alpha value is -5.39. The van der Waals surface area contributed by atoms with Gasteiger partial charge in [-0.3, -0.25) is 29.2 Å². The minimum absolute atomic E-state index is 0.0310. The second-order valence-corrected chi connectivity index (χ2v) is 20.3. The van der Waals surface area contributed by atoms with Crippen molar-refractivity contribution >= 4 is 52.0 Å². The summed E-state index contributed by atoms with van der Waals surface area (Å²) >= 11 is 1.41. The van der Waals surface area contributed by atoms with Gasteiger partial charge in [0.1, 0.15) is 18.1 Å². The third-order valence-corrected chi connectivity index (χ3v) is 14.6. The minimum atomic E-state index is -1.08. The maximum atomic E-state index is 14.6. The van der Waals surface area contributed by atoms with Gasteiger partial charge in [0.15, 0.2) is 0 Å². The molecule has 348 valence electrons. The Balaban J connectivity index is 1.15. The highest BCUT2D eigenvalue weighted by Gasteiger charge is 2.50. The Morgan fingerprint density at radius 2 is 1.92 bits per heavy atom. The summed E-state index contributed by atoms with van der Waals surface area (Å²) in [5.41, 5.74) is 8.68. The molecule has 1 spiro atoms. The number of hydrogen-bond acceptors (Lipinski definition) is 11. The van der Waals surface area contributed by atoms with Gasteiger partial charge in [0.2, 0.25) is 11.8 Å². The number of methoxy groups -OCH3 is 1. The topological polar surface area (TPSA) is 180 Å². The Kier molecular flexibility index (Phi) is 13.1. The molecule has 4 aliphatic heterocycles. The lowest BCUT2D eigenvalue weighted by Crippen LogP contribution is -2.62. The molecule has 5 atom stereocenters. The Labute approximate surface area is 384 Å². The third kappa shape index (κ3) is 8.98. The Morgan fingerprint density at radius 3 is 2.65 bits per heavy atom. The van der Waals surface area contributed by atoms with E-state index in [0.29, 0.717) is 69.8 Å². The van der Waals surface area contributed by atoms with Crippen molar-refractivity contribution in [3.8, 4) is 22.5 Å². The second kappa shape index (κ2) is 18.5. The van der Waals surface area contributed by atoms with Gasteiger partial charge >= 0.3 is 12.0 Å². The van der Waals surface area contributed by atoms with Crippen LogP contribution in [0.25, 0.3) is 33.4 Å². The van der Waals surface area contributed by atoms with Crippen LogP contribution in [0.1, 0.15) is 89.6 Å². The van der Waals surface area contributed by atoms with Crippen molar-refractivity contribution in [2.24, 2.45) is 16.7 Å². The van der Waals surface area contributed by atoms with E-state index in [1.165, 1.54) is 21.2 Å². The van der Waals surface area contributed by atoms with Gasteiger partial charge < -0.3 is 34.5 Å². The van der Waals surface area contributed by atoms with Crippen molar-refractivity contribution in [1.82, 2.24) is 45.4 Å². The summed E-state index contributed by atoms with van der Waals surface area (Å²) in [6.07, 6.45) is 4.44. The van der Waals surface area contributed by atoms with Gasteiger partial charge in [-0.2, -0.15) is 0 Å². The molecule has 1 unspecified atom stereocenters. The molecule has 0 saturated carbocycles. The number of aryl methyl sites for hydroxylation is 1. The van der Waals surface area contributed by atoms with E-state index in [1.807, 2.05) is 32.2 Å². The van der Waals surface area contributed by atoms with Crippen molar-refractivity contribution in [1.29, 1.82) is 0 Å². The first-order valence-corrected chi connectivity index (χ1v) is 23.8. The number of rotatable bonds is 8. The molecule has 65 heavy (non-hydrogen) atoms. The first-order valence-electron chi connectivity index (χ1n) is 23.0. The van der Waals surface area contributed by atoms with E-state index in [2.05, 4.69) is 65.7 Å². The monoisotopic (exact) mass is 909 g/mol. The molecule has 4 aliphatic rings. The number of amides is 5. The molecule has 5 amide bonds. The average Bonchev–Trinajstić information content (AvgIpc) is 4.10. The number of likely N-dealkylation sites (N-methyl/N-ethyl adjacent to an activating group) is 1. The lowest BCUT2D eigenvalue weighted by molar-refractivity contribution is -0.155. The number of aromatic nitrogens is 3. The molecule has 1 aromatic carbocycles. The van der Waals surface area contributed by atoms with Gasteiger partial charge in [-0.15, -0.1) is 11.3 Å². The van der Waals surface area contributed by atoms with E-state index in [9.17, 15) is 24.0 Å². The van der Waals surface area contributed by atoms with Crippen LogP contribution in [-0.4, -0.2) is 124 Å². The lowest BCUT2D eigenvalue weighted by atomic mass is 9.84. The molecule has 6 bridgehead atoms. The molecule has 0 aliphatic carbocycles. The first-order chi connectivity index (χ1) is 31.0. The normalized spacial score (nSPS) is 23.4. The van der Waals surface area contributed by atoms with Gasteiger partial charge in [0.25, 0.3) is 5.91 Å². The van der Waals surface area contributed by atoms with Crippen LogP contribution in [-0.2, 0) is 48.0 Å². The van der Waals surface area contributed by atoms with E-state index in [0.717, 1.165) is 44.7 Å². The Bertz CT molecular complexity index is 2480. The molecular weight excluding hydrogens is 847 g/mol. The maximum absolute atomic E-state index is 14.6. The van der Waals surface area contributed by atoms with E-state index in [1.54, 1.807) is 25.3 Å². The number of nitrogens with one attached hydrogen (secondary N) is 3. The largest absolute Gasteiger partial charge is 0.464 e. The predicted molar refractivity (Wildman–Crippen MR) is 247 cm³/mol. The summed E-state index contributed by atoms with van der Waals surface area (Å²) in [6.45, 7) is 14.5. The van der Waals surface area contributed by atoms with Crippen LogP contribution >= 0.6 is 11.3 Å². The third-order valence-electron chi connectivity index (χ3n) is 13.8. The van der Waals surface area contributed by atoms with Gasteiger partial charge in [-0.1, -0.05) is 33.8 Å². The van der Waals surface area contributed by atoms with E-state index in [4.69, 9.17) is 19.4 Å². The molecule has 4 aromatic rings. The molecule has 3 aromatic heterocycles. The predicted octanol–water partition coefficient (Wildman–Crippen LogP) is 5.49. The summed E-state index contributed by atoms with van der Waals surface area (Å²) in [4.78, 5) is 82.7. The zero-order valence-electron chi connectivity index (χ0n) is 38.9. The summed E-state index contributed by atoms with van der Waals surface area (Å²) in [5, 5.41) is 11.0. The fraction of sp³-hybridized carbons (Fsp3) is 0.562. The van der Waals surface area contributed by atoms with Crippen LogP contribution in [0.4, 0.5) is 4.79 Å². The number of carbonyl (C=O) groups excluding carboxylic acids is 5. The van der Waals surface area contributed by atoms with Gasteiger partial charge in [0, 0.05) is 92.3 Å². The van der Waals surface area contributed by atoms with Crippen LogP contribution in [0, 0.1) is 16.7 Å². The van der Waals surface area contributed by atoms with Crippen LogP contribution in [0.5, 0.6) is 0 Å². The van der Waals surface area contributed by atoms with Crippen molar-refractivity contribution < 1.29 is 33.4 Å². The number of nitrogens with zero attached hydrogens (tertiary/aromatic N) is 6. The van der Waals surface area contributed by atoms with E-state index < -0.39 is 46.7 Å². The number of carbonyl (C=O) groups is 5. The van der Waals surface area contributed by atoms with Gasteiger partial charge in [-0.25, -0.2) is 15.2 Å². The number of hydrogen-bond donors (Lipinski definition) is 3. The van der Waals surface area contributed by atoms with Crippen LogP contribution in [0.2, 0.25) is 0 Å². The summed E-state index contributed by atoms with van der Waals surface area (Å²) in [5.74, 6) is -1.71. The molecular formula is C48H63N9O7S. The molecule has 3 saturated heterocycles. The van der Waals surface area contributed by atoms with Crippen LogP contribution < -0.4 is 16.1 Å². The number of urea groups is 1. The van der Waals surface area contributed by atoms with Crippen molar-refractivity contribution in [2.45, 2.75) is 111 Å². The number of likely N-dealkylation sites (tertiary alicyclic amines) is 1. The number of benzene rings is 1. The highest BCUT2D eigenvalue weighted by atomic mass is 32.1. The van der Waals surface area contributed by atoms with E-state index in [-0.39, 0.29) is 37.0 Å². The van der Waals surface area contributed by atoms with Crippen molar-refractivity contribution in [3.05, 3.63) is 58.2 Å². The highest BCUT2D eigenvalue weighted by Crippen LogP contribution is 2.42. The molecule has 17 heteroatoms. The molecule has 3 N–H and O–H groups in total. The zero-order chi connectivity index (χ0) is 46.4. The number of esters is 1.